The van der Waals surface area contributed by atoms with E-state index in [-0.39, 0.29) is 0 Å². The Labute approximate surface area is 140 Å². The van der Waals surface area contributed by atoms with Crippen molar-refractivity contribution >= 4 is 17.4 Å². The first kappa shape index (κ1) is 17.3. The highest BCUT2D eigenvalue weighted by Crippen LogP contribution is 2.20. The number of nitrogens with one attached hydrogen (secondary N) is 1. The van der Waals surface area contributed by atoms with Gasteiger partial charge in [0.05, 0.1) is 7.11 Å². The first-order valence-corrected chi connectivity index (χ1v) is 7.39. The van der Waals surface area contributed by atoms with Crippen LogP contribution in [-0.2, 0) is 4.79 Å². The second-order valence-electron chi connectivity index (χ2n) is 5.35. The average molecular weight is 325 g/mol. The lowest BCUT2D eigenvalue weighted by Crippen LogP contribution is -2.17. The fraction of sp³-hybridized carbons (Fsp3) is 0.158. The number of anilines is 1. The van der Waals surface area contributed by atoms with Crippen molar-refractivity contribution < 1.29 is 19.4 Å². The summed E-state index contributed by atoms with van der Waals surface area (Å²) in [6.07, 6.45) is 0.901. The zero-order valence-electron chi connectivity index (χ0n) is 13.8. The molecule has 0 aliphatic carbocycles. The van der Waals surface area contributed by atoms with Gasteiger partial charge in [0.25, 0.3) is 5.91 Å². The van der Waals surface area contributed by atoms with Gasteiger partial charge in [-0.25, -0.2) is 0 Å². The molecule has 0 saturated heterocycles. The monoisotopic (exact) mass is 325 g/mol. The summed E-state index contributed by atoms with van der Waals surface area (Å²) in [5, 5.41) is 12.5. The molecule has 2 rings (SSSR count). The van der Waals surface area contributed by atoms with E-state index in [1.807, 2.05) is 32.0 Å². The molecule has 0 aliphatic heterocycles. The number of rotatable bonds is 5. The highest BCUT2D eigenvalue weighted by molar-refractivity contribution is 6.11. The number of hydrogen-bond acceptors (Lipinski definition) is 4. The fourth-order valence-electron chi connectivity index (χ4n) is 2.24. The second-order valence-corrected chi connectivity index (χ2v) is 5.35. The Hall–Kier alpha value is -3.08. The van der Waals surface area contributed by atoms with Gasteiger partial charge in [0.1, 0.15) is 5.75 Å². The summed E-state index contributed by atoms with van der Waals surface area (Å²) in [6.45, 7) is 3.70. The zero-order valence-corrected chi connectivity index (χ0v) is 13.8. The molecule has 124 valence electrons. The van der Waals surface area contributed by atoms with Crippen molar-refractivity contribution in [2.45, 2.75) is 13.8 Å². The maximum atomic E-state index is 12.1. The maximum absolute atomic E-state index is 12.1. The normalized spacial score (nSPS) is 11.0. The number of ketones is 1. The SMILES string of the molecule is COc1cccc(C(=O)/C=C(\O)C(=O)Nc2c(C)cccc2C)c1. The Morgan fingerprint density at radius 3 is 2.33 bits per heavy atom. The van der Waals surface area contributed by atoms with Crippen LogP contribution in [0.4, 0.5) is 5.69 Å². The standard InChI is InChI=1S/C19H19NO4/c1-12-6-4-7-13(2)18(12)20-19(23)17(22)11-16(21)14-8-5-9-15(10-14)24-3/h4-11,22H,1-3H3,(H,20,23)/b17-11-. The summed E-state index contributed by atoms with van der Waals surface area (Å²) in [4.78, 5) is 24.2. The van der Waals surface area contributed by atoms with Gasteiger partial charge in [-0.15, -0.1) is 0 Å². The van der Waals surface area contributed by atoms with Crippen LogP contribution in [0.1, 0.15) is 21.5 Å². The molecule has 0 radical (unpaired) electrons. The Kier molecular flexibility index (Phi) is 5.37. The summed E-state index contributed by atoms with van der Waals surface area (Å²) >= 11 is 0. The molecule has 5 heteroatoms. The van der Waals surface area contributed by atoms with Crippen LogP contribution in [0.3, 0.4) is 0 Å². The third-order valence-corrected chi connectivity index (χ3v) is 3.57. The third kappa shape index (κ3) is 4.01. The maximum Gasteiger partial charge on any atom is 0.290 e. The van der Waals surface area contributed by atoms with Gasteiger partial charge in [0, 0.05) is 17.3 Å². The number of carbonyl (C=O) groups excluding carboxylic acids is 2. The van der Waals surface area contributed by atoms with Crippen molar-refractivity contribution in [3.8, 4) is 5.75 Å². The van der Waals surface area contributed by atoms with E-state index in [4.69, 9.17) is 4.74 Å². The minimum Gasteiger partial charge on any atom is -0.503 e. The van der Waals surface area contributed by atoms with Crippen molar-refractivity contribution in [3.63, 3.8) is 0 Å². The van der Waals surface area contributed by atoms with E-state index in [0.29, 0.717) is 17.0 Å². The van der Waals surface area contributed by atoms with Crippen LogP contribution < -0.4 is 10.1 Å². The predicted molar refractivity (Wildman–Crippen MR) is 92.6 cm³/mol. The van der Waals surface area contributed by atoms with E-state index in [1.165, 1.54) is 13.2 Å². The van der Waals surface area contributed by atoms with E-state index < -0.39 is 17.4 Å². The van der Waals surface area contributed by atoms with Crippen LogP contribution in [0.2, 0.25) is 0 Å². The molecule has 0 spiro atoms. The Balaban J connectivity index is 2.17. The topological polar surface area (TPSA) is 75.6 Å². The van der Waals surface area contributed by atoms with Crippen molar-refractivity contribution in [2.75, 3.05) is 12.4 Å². The summed E-state index contributed by atoms with van der Waals surface area (Å²) in [6, 6.07) is 12.1. The van der Waals surface area contributed by atoms with Crippen LogP contribution in [0.15, 0.2) is 54.3 Å². The molecule has 0 atom stereocenters. The van der Waals surface area contributed by atoms with E-state index in [9.17, 15) is 14.7 Å². The van der Waals surface area contributed by atoms with Crippen molar-refractivity contribution in [3.05, 3.63) is 71.0 Å². The first-order valence-electron chi connectivity index (χ1n) is 7.39. The number of ether oxygens (including phenoxy) is 1. The smallest absolute Gasteiger partial charge is 0.290 e. The number of aliphatic hydroxyl groups is 1. The Morgan fingerprint density at radius 2 is 1.71 bits per heavy atom. The second kappa shape index (κ2) is 7.46. The van der Waals surface area contributed by atoms with Crippen LogP contribution in [0, 0.1) is 13.8 Å². The lowest BCUT2D eigenvalue weighted by atomic mass is 10.1. The van der Waals surface area contributed by atoms with E-state index in [1.54, 1.807) is 18.2 Å². The zero-order chi connectivity index (χ0) is 17.7. The molecule has 0 aromatic heterocycles. The number of aliphatic hydroxyl groups excluding tert-OH is 1. The van der Waals surface area contributed by atoms with Crippen LogP contribution in [0.5, 0.6) is 5.75 Å². The molecule has 24 heavy (non-hydrogen) atoms. The minimum absolute atomic E-state index is 0.320. The van der Waals surface area contributed by atoms with Gasteiger partial charge in [-0.1, -0.05) is 30.3 Å². The molecule has 0 bridgehead atoms. The van der Waals surface area contributed by atoms with Crippen LogP contribution >= 0.6 is 0 Å². The van der Waals surface area contributed by atoms with Gasteiger partial charge in [0.2, 0.25) is 0 Å². The number of hydrogen-bond donors (Lipinski definition) is 2. The van der Waals surface area contributed by atoms with Crippen molar-refractivity contribution in [1.29, 1.82) is 0 Å². The summed E-state index contributed by atoms with van der Waals surface area (Å²) < 4.78 is 5.05. The van der Waals surface area contributed by atoms with Crippen molar-refractivity contribution in [1.82, 2.24) is 0 Å². The van der Waals surface area contributed by atoms with E-state index in [0.717, 1.165) is 17.2 Å². The molecule has 2 aromatic carbocycles. The molecule has 1 amide bonds. The van der Waals surface area contributed by atoms with Gasteiger partial charge in [-0.3, -0.25) is 9.59 Å². The third-order valence-electron chi connectivity index (χ3n) is 3.57. The quantitative estimate of drug-likeness (QED) is 0.500. The molecule has 0 saturated carbocycles. The number of aryl methyl sites for hydroxylation is 2. The lowest BCUT2D eigenvalue weighted by molar-refractivity contribution is -0.115. The molecule has 0 heterocycles. The number of para-hydroxylation sites is 1. The summed E-state index contributed by atoms with van der Waals surface area (Å²) in [7, 11) is 1.49. The van der Waals surface area contributed by atoms with E-state index in [2.05, 4.69) is 5.32 Å². The number of benzene rings is 2. The largest absolute Gasteiger partial charge is 0.503 e. The number of amides is 1. The molecule has 0 fully saturated rings. The van der Waals surface area contributed by atoms with E-state index >= 15 is 0 Å². The molecule has 0 aliphatic rings. The number of allylic oxidation sites excluding steroid dienone is 1. The number of carbonyl (C=O) groups is 2. The van der Waals surface area contributed by atoms with Crippen LogP contribution in [0.25, 0.3) is 0 Å². The summed E-state index contributed by atoms with van der Waals surface area (Å²) in [5.74, 6) is -1.34. The van der Waals surface area contributed by atoms with Crippen LogP contribution in [-0.4, -0.2) is 23.9 Å². The van der Waals surface area contributed by atoms with Gasteiger partial charge in [0.15, 0.2) is 11.5 Å². The predicted octanol–water partition coefficient (Wildman–Crippen LogP) is 3.58. The van der Waals surface area contributed by atoms with Gasteiger partial charge in [-0.05, 0) is 37.1 Å². The van der Waals surface area contributed by atoms with Gasteiger partial charge >= 0.3 is 0 Å². The molecule has 0 unspecified atom stereocenters. The van der Waals surface area contributed by atoms with Gasteiger partial charge in [-0.2, -0.15) is 0 Å². The Morgan fingerprint density at radius 1 is 1.08 bits per heavy atom. The average Bonchev–Trinajstić information content (AvgIpc) is 2.58. The molecule has 2 aromatic rings. The molecular weight excluding hydrogens is 306 g/mol. The highest BCUT2D eigenvalue weighted by atomic mass is 16.5. The highest BCUT2D eigenvalue weighted by Gasteiger charge is 2.14. The fourth-order valence-corrected chi connectivity index (χ4v) is 2.24. The molecule has 5 nitrogen and oxygen atoms in total. The molecule has 2 N–H and O–H groups in total. The first-order chi connectivity index (χ1) is 11.4. The molecular formula is C19H19NO4. The Bertz CT molecular complexity index is 789. The van der Waals surface area contributed by atoms with Gasteiger partial charge < -0.3 is 15.2 Å². The van der Waals surface area contributed by atoms with Crippen molar-refractivity contribution in [2.24, 2.45) is 0 Å². The summed E-state index contributed by atoms with van der Waals surface area (Å²) in [5.41, 5.74) is 2.68. The number of methoxy groups -OCH3 is 1. The minimum atomic E-state index is -0.733. The lowest BCUT2D eigenvalue weighted by Gasteiger charge is -2.10.